The van der Waals surface area contributed by atoms with E-state index >= 15 is 0 Å². The Balaban J connectivity index is 2.40. The number of rotatable bonds is 1. The molecule has 4 heteroatoms. The van der Waals surface area contributed by atoms with E-state index in [1.54, 1.807) is 6.20 Å². The normalized spacial score (nSPS) is 20.8. The minimum atomic E-state index is -0.373. The first-order valence-electron chi connectivity index (χ1n) is 4.13. The van der Waals surface area contributed by atoms with Crippen LogP contribution in [0.1, 0.15) is 5.56 Å². The molecular weight excluding hydrogens is 244 g/mol. The average Bonchev–Trinajstić information content (AvgIpc) is 2.23. The maximum absolute atomic E-state index is 11.2. The van der Waals surface area contributed by atoms with E-state index in [2.05, 4.69) is 26.2 Å². The van der Waals surface area contributed by atoms with Crippen LogP contribution in [0.25, 0.3) is 5.57 Å². The molecule has 1 aliphatic heterocycles. The van der Waals surface area contributed by atoms with Gasteiger partial charge in [0.05, 0.1) is 6.20 Å². The number of benzene rings is 1. The first-order chi connectivity index (χ1) is 6.79. The predicted octanol–water partition coefficient (Wildman–Crippen LogP) is 2.78. The summed E-state index contributed by atoms with van der Waals surface area (Å²) in [5.41, 5.74) is 1.84. The SMILES string of the molecule is O=C1N=NC=C(c2ccccc2)C1Br. The second kappa shape index (κ2) is 3.84. The van der Waals surface area contributed by atoms with E-state index in [0.717, 1.165) is 11.1 Å². The number of carbonyl (C=O) groups excluding carboxylic acids is 1. The fourth-order valence-corrected chi connectivity index (χ4v) is 1.72. The topological polar surface area (TPSA) is 41.8 Å². The zero-order valence-corrected chi connectivity index (χ0v) is 8.81. The van der Waals surface area contributed by atoms with Crippen molar-refractivity contribution in [1.82, 2.24) is 0 Å². The van der Waals surface area contributed by atoms with Crippen molar-refractivity contribution in [3.8, 4) is 0 Å². The Morgan fingerprint density at radius 1 is 1.21 bits per heavy atom. The van der Waals surface area contributed by atoms with E-state index in [9.17, 15) is 4.79 Å². The molecule has 70 valence electrons. The molecule has 0 radical (unpaired) electrons. The molecule has 1 aromatic carbocycles. The highest BCUT2D eigenvalue weighted by atomic mass is 79.9. The molecule has 2 rings (SSSR count). The van der Waals surface area contributed by atoms with Crippen LogP contribution in [-0.4, -0.2) is 10.7 Å². The summed E-state index contributed by atoms with van der Waals surface area (Å²) >= 11 is 3.29. The molecule has 0 saturated heterocycles. The number of amides is 1. The summed E-state index contributed by atoms with van der Waals surface area (Å²) in [6.45, 7) is 0. The Bertz CT molecular complexity index is 411. The van der Waals surface area contributed by atoms with Crippen LogP contribution in [0, 0.1) is 0 Å². The van der Waals surface area contributed by atoms with E-state index in [4.69, 9.17) is 0 Å². The van der Waals surface area contributed by atoms with Gasteiger partial charge in [-0.3, -0.25) is 4.79 Å². The number of azo groups is 1. The quantitative estimate of drug-likeness (QED) is 0.707. The molecule has 1 amide bonds. The second-order valence-corrected chi connectivity index (χ2v) is 3.78. The van der Waals surface area contributed by atoms with E-state index < -0.39 is 0 Å². The average molecular weight is 251 g/mol. The third-order valence-electron chi connectivity index (χ3n) is 1.95. The van der Waals surface area contributed by atoms with Gasteiger partial charge in [0, 0.05) is 5.57 Å². The molecule has 0 aromatic heterocycles. The molecule has 0 fully saturated rings. The van der Waals surface area contributed by atoms with Crippen molar-refractivity contribution in [2.75, 3.05) is 0 Å². The molecule has 14 heavy (non-hydrogen) atoms. The molecule has 1 heterocycles. The summed E-state index contributed by atoms with van der Waals surface area (Å²) in [7, 11) is 0. The van der Waals surface area contributed by atoms with Crippen LogP contribution in [-0.2, 0) is 4.79 Å². The molecule has 0 bridgehead atoms. The van der Waals surface area contributed by atoms with Crippen LogP contribution in [0.5, 0.6) is 0 Å². The minimum Gasteiger partial charge on any atom is -0.269 e. The fraction of sp³-hybridized carbons (Fsp3) is 0.100. The van der Waals surface area contributed by atoms with Gasteiger partial charge in [-0.05, 0) is 5.56 Å². The van der Waals surface area contributed by atoms with Crippen LogP contribution in [0.3, 0.4) is 0 Å². The van der Waals surface area contributed by atoms with Gasteiger partial charge in [0.15, 0.2) is 0 Å². The first kappa shape index (κ1) is 9.27. The van der Waals surface area contributed by atoms with Gasteiger partial charge < -0.3 is 0 Å². The Morgan fingerprint density at radius 2 is 1.93 bits per heavy atom. The number of alkyl halides is 1. The molecule has 0 N–H and O–H groups in total. The van der Waals surface area contributed by atoms with Crippen LogP contribution >= 0.6 is 15.9 Å². The molecule has 0 saturated carbocycles. The summed E-state index contributed by atoms with van der Waals surface area (Å²) in [4.78, 5) is 10.9. The number of hydrogen-bond acceptors (Lipinski definition) is 2. The van der Waals surface area contributed by atoms with Crippen molar-refractivity contribution in [2.24, 2.45) is 10.2 Å². The number of carbonyl (C=O) groups is 1. The first-order valence-corrected chi connectivity index (χ1v) is 5.05. The van der Waals surface area contributed by atoms with Gasteiger partial charge in [0.2, 0.25) is 0 Å². The summed E-state index contributed by atoms with van der Waals surface area (Å²) in [5.74, 6) is -0.258. The van der Waals surface area contributed by atoms with Crippen LogP contribution < -0.4 is 0 Å². The highest BCUT2D eigenvalue weighted by Gasteiger charge is 2.23. The largest absolute Gasteiger partial charge is 0.282 e. The lowest BCUT2D eigenvalue weighted by Gasteiger charge is -2.12. The van der Waals surface area contributed by atoms with Gasteiger partial charge in [-0.25, -0.2) is 0 Å². The van der Waals surface area contributed by atoms with Gasteiger partial charge in [-0.15, -0.1) is 5.11 Å². The Kier molecular flexibility index (Phi) is 2.54. The molecule has 1 aliphatic rings. The summed E-state index contributed by atoms with van der Waals surface area (Å²) in [6, 6.07) is 9.65. The summed E-state index contributed by atoms with van der Waals surface area (Å²) in [5, 5.41) is 7.10. The number of halogens is 1. The molecule has 1 aromatic rings. The third kappa shape index (κ3) is 1.65. The smallest absolute Gasteiger partial charge is 0.269 e. The van der Waals surface area contributed by atoms with Crippen LogP contribution in [0.4, 0.5) is 0 Å². The highest BCUT2D eigenvalue weighted by Crippen LogP contribution is 2.27. The highest BCUT2D eigenvalue weighted by molar-refractivity contribution is 9.10. The van der Waals surface area contributed by atoms with E-state index in [1.807, 2.05) is 30.3 Å². The monoisotopic (exact) mass is 250 g/mol. The summed E-state index contributed by atoms with van der Waals surface area (Å²) < 4.78 is 0. The molecule has 1 atom stereocenters. The molecule has 0 aliphatic carbocycles. The van der Waals surface area contributed by atoms with Crippen molar-refractivity contribution < 1.29 is 4.79 Å². The van der Waals surface area contributed by atoms with Gasteiger partial charge in [0.1, 0.15) is 4.83 Å². The minimum absolute atomic E-state index is 0.258. The lowest BCUT2D eigenvalue weighted by atomic mass is 10.0. The van der Waals surface area contributed by atoms with Gasteiger partial charge in [-0.1, -0.05) is 46.3 Å². The van der Waals surface area contributed by atoms with Crippen molar-refractivity contribution in [3.05, 3.63) is 42.1 Å². The summed E-state index contributed by atoms with van der Waals surface area (Å²) in [6.07, 6.45) is 1.61. The Hall–Kier alpha value is -1.29. The third-order valence-corrected chi connectivity index (χ3v) is 2.84. The van der Waals surface area contributed by atoms with Crippen molar-refractivity contribution >= 4 is 27.4 Å². The Morgan fingerprint density at radius 3 is 2.64 bits per heavy atom. The number of nitrogens with zero attached hydrogens (tertiary/aromatic N) is 2. The fourth-order valence-electron chi connectivity index (χ4n) is 1.25. The van der Waals surface area contributed by atoms with E-state index in [0.29, 0.717) is 0 Å². The van der Waals surface area contributed by atoms with Crippen molar-refractivity contribution in [1.29, 1.82) is 0 Å². The van der Waals surface area contributed by atoms with Crippen LogP contribution in [0.2, 0.25) is 0 Å². The molecule has 0 spiro atoms. The maximum Gasteiger partial charge on any atom is 0.282 e. The van der Waals surface area contributed by atoms with Gasteiger partial charge in [0.25, 0.3) is 5.91 Å². The zero-order valence-electron chi connectivity index (χ0n) is 7.22. The van der Waals surface area contributed by atoms with Gasteiger partial charge in [-0.2, -0.15) is 5.11 Å². The lowest BCUT2D eigenvalue weighted by Crippen LogP contribution is -2.15. The van der Waals surface area contributed by atoms with E-state index in [1.165, 1.54) is 0 Å². The lowest BCUT2D eigenvalue weighted by molar-refractivity contribution is -0.116. The van der Waals surface area contributed by atoms with Crippen molar-refractivity contribution in [2.45, 2.75) is 4.83 Å². The zero-order chi connectivity index (χ0) is 9.97. The van der Waals surface area contributed by atoms with Crippen LogP contribution in [0.15, 0.2) is 46.8 Å². The van der Waals surface area contributed by atoms with Gasteiger partial charge >= 0.3 is 0 Å². The standard InChI is InChI=1S/C10H7BrN2O/c11-9-8(6-12-13-10(9)14)7-4-2-1-3-5-7/h1-6,9H. The molecule has 3 nitrogen and oxygen atoms in total. The predicted molar refractivity (Wildman–Crippen MR) is 57.0 cm³/mol. The van der Waals surface area contributed by atoms with Crippen molar-refractivity contribution in [3.63, 3.8) is 0 Å². The Labute approximate surface area is 89.7 Å². The van der Waals surface area contributed by atoms with E-state index in [-0.39, 0.29) is 10.7 Å². The maximum atomic E-state index is 11.2. The molecule has 1 unspecified atom stereocenters. The number of hydrogen-bond donors (Lipinski definition) is 0. The second-order valence-electron chi connectivity index (χ2n) is 2.87. The molecular formula is C10H7BrN2O.